The molecule has 1 spiro atoms. The number of hydrogen-bond acceptors (Lipinski definition) is 5. The number of rotatable bonds is 7. The van der Waals surface area contributed by atoms with Crippen LogP contribution < -0.4 is 10.1 Å². The van der Waals surface area contributed by atoms with Gasteiger partial charge >= 0.3 is 0 Å². The number of likely N-dealkylation sites (tertiary alicyclic amines) is 1. The van der Waals surface area contributed by atoms with Gasteiger partial charge in [-0.25, -0.2) is 0 Å². The monoisotopic (exact) mass is 495 g/mol. The summed E-state index contributed by atoms with van der Waals surface area (Å²) in [6.45, 7) is 2.95. The standard InChI is InChI=1S/C28H37N3O3S/c1-34-23-11-9-22(10-12-23)19-30-15-13-28(14-16-30)27(33)29-25(18-21-6-3-2-4-7-21)26(32)31(28)20-24-8-5-17-35-24/h5,8-12,17,21,25H,2-4,6-7,13-16,18-20H2,1H3,(H,29,33). The summed E-state index contributed by atoms with van der Waals surface area (Å²) in [5.41, 5.74) is 0.481. The molecule has 0 bridgehead atoms. The van der Waals surface area contributed by atoms with E-state index in [-0.39, 0.29) is 17.9 Å². The molecule has 2 amide bonds. The second kappa shape index (κ2) is 10.7. The summed E-state index contributed by atoms with van der Waals surface area (Å²) in [5, 5.41) is 5.25. The van der Waals surface area contributed by atoms with Crippen LogP contribution in [0.25, 0.3) is 0 Å². The molecule has 1 aromatic heterocycles. The summed E-state index contributed by atoms with van der Waals surface area (Å²) in [4.78, 5) is 33.1. The van der Waals surface area contributed by atoms with Crippen LogP contribution in [0.15, 0.2) is 41.8 Å². The van der Waals surface area contributed by atoms with Crippen LogP contribution in [0.1, 0.15) is 61.8 Å². The number of nitrogens with zero attached hydrogens (tertiary/aromatic N) is 2. The highest BCUT2D eigenvalue weighted by Crippen LogP contribution is 2.37. The molecule has 1 saturated carbocycles. The molecule has 7 heteroatoms. The largest absolute Gasteiger partial charge is 0.497 e. The molecule has 1 unspecified atom stereocenters. The topological polar surface area (TPSA) is 61.9 Å². The Hall–Kier alpha value is -2.38. The number of thiophene rings is 1. The lowest BCUT2D eigenvalue weighted by molar-refractivity contribution is -0.162. The van der Waals surface area contributed by atoms with Gasteiger partial charge in [0.15, 0.2) is 0 Å². The molecule has 1 atom stereocenters. The molecule has 1 N–H and O–H groups in total. The summed E-state index contributed by atoms with van der Waals surface area (Å²) in [7, 11) is 1.68. The van der Waals surface area contributed by atoms with Crippen molar-refractivity contribution in [1.82, 2.24) is 15.1 Å². The van der Waals surface area contributed by atoms with Crippen molar-refractivity contribution in [2.24, 2.45) is 5.92 Å². The van der Waals surface area contributed by atoms with E-state index in [4.69, 9.17) is 4.74 Å². The minimum atomic E-state index is -0.749. The first kappa shape index (κ1) is 24.3. The van der Waals surface area contributed by atoms with Crippen molar-refractivity contribution < 1.29 is 14.3 Å². The number of amides is 2. The van der Waals surface area contributed by atoms with Gasteiger partial charge in [-0.3, -0.25) is 14.5 Å². The average Bonchev–Trinajstić information content (AvgIpc) is 3.41. The number of methoxy groups -OCH3 is 1. The zero-order valence-corrected chi connectivity index (χ0v) is 21.5. The second-order valence-corrected chi connectivity index (χ2v) is 11.5. The fourth-order valence-electron chi connectivity index (χ4n) is 6.15. The minimum Gasteiger partial charge on any atom is -0.497 e. The summed E-state index contributed by atoms with van der Waals surface area (Å²) in [6.07, 6.45) is 8.25. The Morgan fingerprint density at radius 2 is 1.77 bits per heavy atom. The Labute approximate surface area is 212 Å². The molecule has 35 heavy (non-hydrogen) atoms. The van der Waals surface area contributed by atoms with Crippen LogP contribution in [0.3, 0.4) is 0 Å². The van der Waals surface area contributed by atoms with E-state index in [0.29, 0.717) is 25.3 Å². The molecule has 2 saturated heterocycles. The van der Waals surface area contributed by atoms with Crippen molar-refractivity contribution >= 4 is 23.2 Å². The van der Waals surface area contributed by atoms with Crippen LogP contribution in [0.4, 0.5) is 0 Å². The third-order valence-corrected chi connectivity index (χ3v) is 9.11. The van der Waals surface area contributed by atoms with Gasteiger partial charge in [0.05, 0.1) is 13.7 Å². The second-order valence-electron chi connectivity index (χ2n) is 10.4. The molecule has 2 aromatic rings. The number of ether oxygens (including phenoxy) is 1. The van der Waals surface area contributed by atoms with Gasteiger partial charge in [-0.15, -0.1) is 11.3 Å². The Morgan fingerprint density at radius 1 is 1.03 bits per heavy atom. The zero-order chi connectivity index (χ0) is 24.3. The maximum absolute atomic E-state index is 13.9. The molecule has 0 radical (unpaired) electrons. The number of hydrogen-bond donors (Lipinski definition) is 1. The van der Waals surface area contributed by atoms with E-state index in [1.807, 2.05) is 28.5 Å². The van der Waals surface area contributed by atoms with Crippen LogP contribution in [-0.2, 0) is 22.7 Å². The molecule has 3 fully saturated rings. The average molecular weight is 496 g/mol. The van der Waals surface area contributed by atoms with Gasteiger partial charge in [-0.2, -0.15) is 0 Å². The molecular weight excluding hydrogens is 458 g/mol. The lowest BCUT2D eigenvalue weighted by Crippen LogP contribution is -2.72. The van der Waals surface area contributed by atoms with Gasteiger partial charge in [0.1, 0.15) is 17.3 Å². The molecule has 1 aliphatic carbocycles. The Bertz CT molecular complexity index is 993. The maximum Gasteiger partial charge on any atom is 0.246 e. The summed E-state index contributed by atoms with van der Waals surface area (Å²) in [6, 6.07) is 11.9. The summed E-state index contributed by atoms with van der Waals surface area (Å²) >= 11 is 1.66. The van der Waals surface area contributed by atoms with Gasteiger partial charge in [0.2, 0.25) is 11.8 Å². The van der Waals surface area contributed by atoms with Gasteiger partial charge in [0, 0.05) is 24.5 Å². The van der Waals surface area contributed by atoms with E-state index < -0.39 is 5.54 Å². The molecule has 1 aromatic carbocycles. The number of benzene rings is 1. The van der Waals surface area contributed by atoms with E-state index in [9.17, 15) is 9.59 Å². The predicted octanol–water partition coefficient (Wildman–Crippen LogP) is 4.59. The lowest BCUT2D eigenvalue weighted by Gasteiger charge is -2.52. The number of piperidine rings is 1. The minimum absolute atomic E-state index is 0.0542. The fraction of sp³-hybridized carbons (Fsp3) is 0.571. The maximum atomic E-state index is 13.9. The van der Waals surface area contributed by atoms with E-state index in [1.54, 1.807) is 18.4 Å². The van der Waals surface area contributed by atoms with Crippen molar-refractivity contribution in [3.8, 4) is 5.75 Å². The fourth-order valence-corrected chi connectivity index (χ4v) is 6.84. The van der Waals surface area contributed by atoms with Crippen LogP contribution in [0.5, 0.6) is 5.75 Å². The van der Waals surface area contributed by atoms with Crippen LogP contribution >= 0.6 is 11.3 Å². The first-order valence-electron chi connectivity index (χ1n) is 13.1. The van der Waals surface area contributed by atoms with Crippen molar-refractivity contribution in [2.45, 2.75) is 76.0 Å². The molecule has 3 aliphatic rings. The van der Waals surface area contributed by atoms with E-state index in [1.165, 1.54) is 37.7 Å². The number of piperazine rings is 1. The molecule has 5 rings (SSSR count). The van der Waals surface area contributed by atoms with Crippen LogP contribution in [-0.4, -0.2) is 53.4 Å². The Kier molecular flexibility index (Phi) is 7.44. The van der Waals surface area contributed by atoms with E-state index in [0.717, 1.165) is 36.7 Å². The third kappa shape index (κ3) is 5.26. The quantitative estimate of drug-likeness (QED) is 0.610. The highest BCUT2D eigenvalue weighted by atomic mass is 32.1. The van der Waals surface area contributed by atoms with Crippen molar-refractivity contribution in [2.75, 3.05) is 20.2 Å². The van der Waals surface area contributed by atoms with Crippen molar-refractivity contribution in [3.05, 3.63) is 52.2 Å². The Morgan fingerprint density at radius 3 is 2.43 bits per heavy atom. The van der Waals surface area contributed by atoms with E-state index in [2.05, 4.69) is 28.4 Å². The van der Waals surface area contributed by atoms with Crippen LogP contribution in [0.2, 0.25) is 0 Å². The Balaban J connectivity index is 1.30. The number of nitrogens with one attached hydrogen (secondary N) is 1. The molecule has 2 aliphatic heterocycles. The summed E-state index contributed by atoms with van der Waals surface area (Å²) in [5.74, 6) is 1.57. The molecule has 6 nitrogen and oxygen atoms in total. The number of carbonyl (C=O) groups excluding carboxylic acids is 2. The highest BCUT2D eigenvalue weighted by molar-refractivity contribution is 7.09. The van der Waals surface area contributed by atoms with E-state index >= 15 is 0 Å². The smallest absolute Gasteiger partial charge is 0.246 e. The number of carbonyl (C=O) groups is 2. The zero-order valence-electron chi connectivity index (χ0n) is 20.7. The molecule has 3 heterocycles. The highest BCUT2D eigenvalue weighted by Gasteiger charge is 2.53. The van der Waals surface area contributed by atoms with Crippen molar-refractivity contribution in [1.29, 1.82) is 0 Å². The normalized spacial score (nSPS) is 23.5. The van der Waals surface area contributed by atoms with Gasteiger partial charge in [-0.05, 0) is 54.3 Å². The predicted molar refractivity (Wildman–Crippen MR) is 138 cm³/mol. The van der Waals surface area contributed by atoms with Gasteiger partial charge < -0.3 is 15.0 Å². The first-order valence-corrected chi connectivity index (χ1v) is 14.0. The van der Waals surface area contributed by atoms with Crippen molar-refractivity contribution in [3.63, 3.8) is 0 Å². The first-order chi connectivity index (χ1) is 17.1. The van der Waals surface area contributed by atoms with Gasteiger partial charge in [0.25, 0.3) is 0 Å². The lowest BCUT2D eigenvalue weighted by atomic mass is 9.79. The molecular formula is C28H37N3O3S. The molecule has 188 valence electrons. The van der Waals surface area contributed by atoms with Crippen LogP contribution in [0, 0.1) is 5.92 Å². The third-order valence-electron chi connectivity index (χ3n) is 8.25. The SMILES string of the molecule is COc1ccc(CN2CCC3(CC2)C(=O)NC(CC2CCCCC2)C(=O)N3Cc2cccs2)cc1. The summed E-state index contributed by atoms with van der Waals surface area (Å²) < 4.78 is 5.27. The van der Waals surface area contributed by atoms with Gasteiger partial charge in [-0.1, -0.05) is 50.3 Å².